The van der Waals surface area contributed by atoms with Crippen molar-refractivity contribution in [1.82, 2.24) is 19.9 Å². The van der Waals surface area contributed by atoms with Crippen LogP contribution in [0.25, 0.3) is 5.65 Å². The van der Waals surface area contributed by atoms with Gasteiger partial charge >= 0.3 is 0 Å². The number of hydrogen-bond acceptors (Lipinski definition) is 4. The Morgan fingerprint density at radius 1 is 1.43 bits per heavy atom. The highest BCUT2D eigenvalue weighted by atomic mass is 16.5. The van der Waals surface area contributed by atoms with Crippen LogP contribution in [0.2, 0.25) is 0 Å². The highest BCUT2D eigenvalue weighted by Crippen LogP contribution is 2.25. The minimum Gasteiger partial charge on any atom is -0.376 e. The first-order valence-corrected chi connectivity index (χ1v) is 8.46. The highest BCUT2D eigenvalue weighted by molar-refractivity contribution is 5.99. The summed E-state index contributed by atoms with van der Waals surface area (Å²) in [5.41, 5.74) is 3.66. The predicted molar refractivity (Wildman–Crippen MR) is 85.5 cm³/mol. The first-order valence-electron chi connectivity index (χ1n) is 8.46. The van der Waals surface area contributed by atoms with E-state index in [1.54, 1.807) is 6.20 Å². The van der Waals surface area contributed by atoms with Crippen molar-refractivity contribution in [2.45, 2.75) is 45.1 Å². The number of aromatic nitrogens is 3. The molecule has 0 saturated carbocycles. The number of nitrogens with zero attached hydrogens (tertiary/aromatic N) is 3. The van der Waals surface area contributed by atoms with Gasteiger partial charge in [0.05, 0.1) is 12.3 Å². The lowest BCUT2D eigenvalue weighted by atomic mass is 9.89. The normalized spacial score (nSPS) is 23.9. The van der Waals surface area contributed by atoms with Crippen molar-refractivity contribution >= 4 is 11.6 Å². The fourth-order valence-electron chi connectivity index (χ4n) is 3.58. The van der Waals surface area contributed by atoms with E-state index >= 15 is 0 Å². The first kappa shape index (κ1) is 14.6. The van der Waals surface area contributed by atoms with Crippen LogP contribution < -0.4 is 5.32 Å². The van der Waals surface area contributed by atoms with Crippen molar-refractivity contribution in [3.63, 3.8) is 0 Å². The number of amides is 1. The monoisotopic (exact) mass is 314 g/mol. The number of hydrogen-bond donors (Lipinski definition) is 1. The standard InChI is InChI=1S/C17H22N4O2/c1-11-4-5-15-12(7-11)8-18-16-14(10-20-21(15)16)17(22)19-9-13-3-2-6-23-13/h8,10-11,13H,2-7,9H2,1H3,(H,19,22). The van der Waals surface area contributed by atoms with E-state index in [2.05, 4.69) is 22.3 Å². The van der Waals surface area contributed by atoms with Crippen molar-refractivity contribution in [3.8, 4) is 0 Å². The maximum atomic E-state index is 12.4. The molecule has 3 heterocycles. The van der Waals surface area contributed by atoms with Gasteiger partial charge < -0.3 is 10.1 Å². The van der Waals surface area contributed by atoms with Crippen LogP contribution >= 0.6 is 0 Å². The molecule has 1 amide bonds. The van der Waals surface area contributed by atoms with Gasteiger partial charge in [-0.05, 0) is 43.6 Å². The van der Waals surface area contributed by atoms with Gasteiger partial charge in [0.1, 0.15) is 5.56 Å². The smallest absolute Gasteiger partial charge is 0.256 e. The molecule has 122 valence electrons. The number of rotatable bonds is 3. The van der Waals surface area contributed by atoms with Crippen LogP contribution in [0.4, 0.5) is 0 Å². The Hall–Kier alpha value is -1.95. The number of carbonyl (C=O) groups is 1. The van der Waals surface area contributed by atoms with Gasteiger partial charge in [-0.3, -0.25) is 4.79 Å². The molecule has 4 rings (SSSR count). The zero-order chi connectivity index (χ0) is 15.8. The maximum absolute atomic E-state index is 12.4. The van der Waals surface area contributed by atoms with Crippen LogP contribution in [0.15, 0.2) is 12.4 Å². The molecule has 0 radical (unpaired) electrons. The topological polar surface area (TPSA) is 68.5 Å². The molecule has 1 aliphatic carbocycles. The van der Waals surface area contributed by atoms with E-state index in [1.807, 2.05) is 10.7 Å². The molecule has 0 aromatic carbocycles. The van der Waals surface area contributed by atoms with Gasteiger partial charge in [0.2, 0.25) is 0 Å². The molecule has 23 heavy (non-hydrogen) atoms. The molecule has 1 fully saturated rings. The van der Waals surface area contributed by atoms with E-state index in [0.29, 0.717) is 23.7 Å². The number of fused-ring (bicyclic) bond motifs is 3. The lowest BCUT2D eigenvalue weighted by Crippen LogP contribution is -2.31. The molecule has 1 N–H and O–H groups in total. The fraction of sp³-hybridized carbons (Fsp3) is 0.588. The number of ether oxygens (including phenoxy) is 1. The van der Waals surface area contributed by atoms with Crippen LogP contribution in [0.3, 0.4) is 0 Å². The molecule has 2 atom stereocenters. The van der Waals surface area contributed by atoms with Gasteiger partial charge in [0.25, 0.3) is 5.91 Å². The Morgan fingerprint density at radius 3 is 3.17 bits per heavy atom. The molecule has 0 bridgehead atoms. The van der Waals surface area contributed by atoms with E-state index < -0.39 is 0 Å². The highest BCUT2D eigenvalue weighted by Gasteiger charge is 2.23. The summed E-state index contributed by atoms with van der Waals surface area (Å²) in [6.45, 7) is 3.61. The zero-order valence-electron chi connectivity index (χ0n) is 13.4. The molecule has 6 nitrogen and oxygen atoms in total. The minimum absolute atomic E-state index is 0.118. The molecule has 2 aliphatic rings. The average molecular weight is 314 g/mol. The van der Waals surface area contributed by atoms with Gasteiger partial charge in [0, 0.05) is 25.0 Å². The summed E-state index contributed by atoms with van der Waals surface area (Å²) in [5, 5.41) is 7.37. The second-order valence-corrected chi connectivity index (χ2v) is 6.72. The number of carbonyl (C=O) groups excluding carboxylic acids is 1. The van der Waals surface area contributed by atoms with Crippen molar-refractivity contribution in [3.05, 3.63) is 29.2 Å². The fourth-order valence-corrected chi connectivity index (χ4v) is 3.58. The van der Waals surface area contributed by atoms with E-state index in [9.17, 15) is 4.79 Å². The summed E-state index contributed by atoms with van der Waals surface area (Å²) in [7, 11) is 0. The molecule has 2 aromatic rings. The van der Waals surface area contributed by atoms with Gasteiger partial charge in [-0.2, -0.15) is 5.10 Å². The van der Waals surface area contributed by atoms with Gasteiger partial charge in [0.15, 0.2) is 5.65 Å². The van der Waals surface area contributed by atoms with E-state index in [4.69, 9.17) is 4.74 Å². The molecule has 1 saturated heterocycles. The Balaban J connectivity index is 1.57. The molecular formula is C17H22N4O2. The summed E-state index contributed by atoms with van der Waals surface area (Å²) in [5.74, 6) is 0.568. The molecule has 2 aromatic heterocycles. The van der Waals surface area contributed by atoms with E-state index in [-0.39, 0.29) is 12.0 Å². The third-order valence-electron chi connectivity index (χ3n) is 4.91. The Labute approximate surface area is 135 Å². The summed E-state index contributed by atoms with van der Waals surface area (Å²) in [6, 6.07) is 0. The largest absolute Gasteiger partial charge is 0.376 e. The molecule has 0 spiro atoms. The van der Waals surface area contributed by atoms with Crippen LogP contribution in [0.5, 0.6) is 0 Å². The van der Waals surface area contributed by atoms with Crippen LogP contribution in [-0.2, 0) is 17.6 Å². The summed E-state index contributed by atoms with van der Waals surface area (Å²) in [4.78, 5) is 16.9. The SMILES string of the molecule is CC1CCc2c(cnc3c(C(=O)NCC4CCCO4)cnn23)C1. The quantitative estimate of drug-likeness (QED) is 0.937. The van der Waals surface area contributed by atoms with E-state index in [1.165, 1.54) is 11.3 Å². The van der Waals surface area contributed by atoms with Crippen molar-refractivity contribution in [2.24, 2.45) is 5.92 Å². The molecule has 1 aliphatic heterocycles. The molecule has 6 heteroatoms. The third kappa shape index (κ3) is 2.72. The summed E-state index contributed by atoms with van der Waals surface area (Å²) < 4.78 is 7.39. The van der Waals surface area contributed by atoms with Crippen LogP contribution in [0, 0.1) is 5.92 Å². The van der Waals surface area contributed by atoms with Gasteiger partial charge in [-0.25, -0.2) is 9.50 Å². The number of nitrogens with one attached hydrogen (secondary N) is 1. The van der Waals surface area contributed by atoms with E-state index in [0.717, 1.165) is 38.7 Å². The Bertz CT molecular complexity index is 734. The number of aryl methyl sites for hydroxylation is 1. The van der Waals surface area contributed by atoms with Crippen LogP contribution in [-0.4, -0.2) is 39.8 Å². The van der Waals surface area contributed by atoms with Crippen molar-refractivity contribution in [1.29, 1.82) is 0 Å². The molecular weight excluding hydrogens is 292 g/mol. The average Bonchev–Trinajstić information content (AvgIpc) is 3.21. The lowest BCUT2D eigenvalue weighted by molar-refractivity contribution is 0.0859. The second kappa shape index (κ2) is 5.92. The third-order valence-corrected chi connectivity index (χ3v) is 4.91. The Morgan fingerprint density at radius 2 is 2.35 bits per heavy atom. The van der Waals surface area contributed by atoms with Gasteiger partial charge in [-0.15, -0.1) is 0 Å². The lowest BCUT2D eigenvalue weighted by Gasteiger charge is -2.21. The maximum Gasteiger partial charge on any atom is 0.256 e. The molecule has 2 unspecified atom stereocenters. The van der Waals surface area contributed by atoms with Crippen molar-refractivity contribution < 1.29 is 9.53 Å². The van der Waals surface area contributed by atoms with Gasteiger partial charge in [-0.1, -0.05) is 6.92 Å². The zero-order valence-corrected chi connectivity index (χ0v) is 13.4. The second-order valence-electron chi connectivity index (χ2n) is 6.72. The van der Waals surface area contributed by atoms with Crippen molar-refractivity contribution in [2.75, 3.05) is 13.2 Å². The summed E-state index contributed by atoms with van der Waals surface area (Å²) in [6.07, 6.45) is 8.97. The Kier molecular flexibility index (Phi) is 3.77. The van der Waals surface area contributed by atoms with Crippen LogP contribution in [0.1, 0.15) is 47.8 Å². The summed E-state index contributed by atoms with van der Waals surface area (Å²) >= 11 is 0. The first-order chi connectivity index (χ1) is 11.2. The predicted octanol–water partition coefficient (Wildman–Crippen LogP) is 1.76. The minimum atomic E-state index is -0.118.